The van der Waals surface area contributed by atoms with E-state index in [0.29, 0.717) is 30.6 Å². The molecule has 3 aromatic carbocycles. The zero-order valence-electron chi connectivity index (χ0n) is 18.4. The summed E-state index contributed by atoms with van der Waals surface area (Å²) in [5.41, 5.74) is 2.45. The van der Waals surface area contributed by atoms with E-state index in [9.17, 15) is 18.0 Å². The molecule has 0 saturated carbocycles. The second kappa shape index (κ2) is 12.0. The van der Waals surface area contributed by atoms with Gasteiger partial charge in [0.15, 0.2) is 0 Å². The zero-order chi connectivity index (χ0) is 24.4. The minimum Gasteiger partial charge on any atom is -0.481 e. The number of nitrogens with zero attached hydrogens (tertiary/aromatic N) is 1. The van der Waals surface area contributed by atoms with Crippen LogP contribution in [0, 0.1) is 0 Å². The zero-order valence-corrected chi connectivity index (χ0v) is 18.4. The minimum atomic E-state index is -4.50. The summed E-state index contributed by atoms with van der Waals surface area (Å²) in [6.07, 6.45) is -2.47. The van der Waals surface area contributed by atoms with Crippen molar-refractivity contribution in [1.82, 2.24) is 5.32 Å². The first kappa shape index (κ1) is 25.0. The van der Waals surface area contributed by atoms with Gasteiger partial charge in [-0.15, -0.1) is 0 Å². The van der Waals surface area contributed by atoms with Crippen LogP contribution in [0.3, 0.4) is 0 Å². The number of benzene rings is 3. The fourth-order valence-electron chi connectivity index (χ4n) is 3.30. The van der Waals surface area contributed by atoms with Crippen molar-refractivity contribution in [3.63, 3.8) is 0 Å². The Morgan fingerprint density at radius 2 is 1.68 bits per heavy atom. The molecule has 0 fully saturated rings. The molecule has 0 bridgehead atoms. The van der Waals surface area contributed by atoms with Gasteiger partial charge in [0.05, 0.1) is 12.0 Å². The number of oxime groups is 1. The lowest BCUT2D eigenvalue weighted by atomic mass is 9.99. The molecule has 34 heavy (non-hydrogen) atoms. The summed E-state index contributed by atoms with van der Waals surface area (Å²) in [7, 11) is 0. The maximum Gasteiger partial charge on any atom is 0.416 e. The van der Waals surface area contributed by atoms with Crippen LogP contribution in [0.2, 0.25) is 0 Å². The molecule has 2 N–H and O–H groups in total. The molecule has 3 rings (SSSR count). The van der Waals surface area contributed by atoms with Gasteiger partial charge in [-0.1, -0.05) is 71.9 Å². The molecule has 178 valence electrons. The van der Waals surface area contributed by atoms with Crippen molar-refractivity contribution in [3.05, 3.63) is 95.1 Å². The summed E-state index contributed by atoms with van der Waals surface area (Å²) in [6, 6.07) is 20.7. The topological polar surface area (TPSA) is 70.9 Å². The molecule has 5 nitrogen and oxygen atoms in total. The molecule has 8 heteroatoms. The van der Waals surface area contributed by atoms with E-state index in [1.807, 2.05) is 30.3 Å². The molecule has 0 radical (unpaired) electrons. The maximum atomic E-state index is 13.6. The van der Waals surface area contributed by atoms with Crippen LogP contribution in [0.4, 0.5) is 13.2 Å². The summed E-state index contributed by atoms with van der Waals surface area (Å²) in [5.74, 6) is -0.844. The van der Waals surface area contributed by atoms with Crippen LogP contribution in [0.15, 0.2) is 78.0 Å². The average molecular weight is 470 g/mol. The Labute approximate surface area is 195 Å². The number of hydrogen-bond donors (Lipinski definition) is 2. The van der Waals surface area contributed by atoms with Crippen LogP contribution in [-0.4, -0.2) is 23.8 Å². The standard InChI is InChI=1S/C26H25F3N2O3/c27-26(28,29)24-16-22(21-4-2-1-3-5-21)10-11-23(24)18-34-31-15-12-19-6-8-20(9-7-19)17-30-14-13-25(32)33/h1-11,15-16,30H,12-14,17-18H2,(H,32,33). The van der Waals surface area contributed by atoms with Gasteiger partial charge in [-0.25, -0.2) is 0 Å². The fraction of sp³-hybridized carbons (Fsp3) is 0.231. The molecule has 0 saturated heterocycles. The van der Waals surface area contributed by atoms with Crippen LogP contribution in [0.1, 0.15) is 28.7 Å². The Morgan fingerprint density at radius 3 is 2.35 bits per heavy atom. The number of halogens is 3. The van der Waals surface area contributed by atoms with Crippen LogP contribution in [-0.2, 0) is 35.4 Å². The first-order valence-electron chi connectivity index (χ1n) is 10.7. The van der Waals surface area contributed by atoms with Gasteiger partial charge < -0.3 is 15.3 Å². The van der Waals surface area contributed by atoms with E-state index in [0.717, 1.165) is 17.2 Å². The third-order valence-electron chi connectivity index (χ3n) is 5.09. The van der Waals surface area contributed by atoms with Crippen molar-refractivity contribution >= 4 is 12.2 Å². The number of aliphatic carboxylic acids is 1. The van der Waals surface area contributed by atoms with Crippen LogP contribution in [0.5, 0.6) is 0 Å². The van der Waals surface area contributed by atoms with Crippen molar-refractivity contribution < 1.29 is 27.9 Å². The van der Waals surface area contributed by atoms with Gasteiger partial charge >= 0.3 is 12.1 Å². The highest BCUT2D eigenvalue weighted by atomic mass is 19.4. The monoisotopic (exact) mass is 470 g/mol. The first-order chi connectivity index (χ1) is 16.3. The molecule has 0 aromatic heterocycles. The normalized spacial score (nSPS) is 11.6. The van der Waals surface area contributed by atoms with Crippen molar-refractivity contribution in [1.29, 1.82) is 0 Å². The minimum absolute atomic E-state index is 0.0177. The molecule has 0 spiro atoms. The molecule has 0 aliphatic carbocycles. The Kier molecular flexibility index (Phi) is 8.81. The summed E-state index contributed by atoms with van der Waals surface area (Å²) in [5, 5.41) is 15.5. The van der Waals surface area contributed by atoms with Gasteiger partial charge in [-0.05, 0) is 28.3 Å². The van der Waals surface area contributed by atoms with Crippen molar-refractivity contribution in [3.8, 4) is 11.1 Å². The molecule has 0 heterocycles. The van der Waals surface area contributed by atoms with E-state index in [1.54, 1.807) is 30.3 Å². The molecule has 0 atom stereocenters. The van der Waals surface area contributed by atoms with Crippen molar-refractivity contribution in [2.24, 2.45) is 5.16 Å². The maximum absolute atomic E-state index is 13.6. The number of carbonyl (C=O) groups is 1. The Hall–Kier alpha value is -3.65. The lowest BCUT2D eigenvalue weighted by molar-refractivity contribution is -0.139. The van der Waals surface area contributed by atoms with E-state index in [4.69, 9.17) is 9.94 Å². The highest BCUT2D eigenvalue weighted by Crippen LogP contribution is 2.35. The van der Waals surface area contributed by atoms with Crippen molar-refractivity contribution in [2.45, 2.75) is 32.2 Å². The molecular weight excluding hydrogens is 445 g/mol. The number of alkyl halides is 3. The third kappa shape index (κ3) is 7.74. The fourth-order valence-corrected chi connectivity index (χ4v) is 3.30. The number of carboxylic acid groups (broad SMARTS) is 1. The van der Waals surface area contributed by atoms with Gasteiger partial charge in [0, 0.05) is 31.3 Å². The Morgan fingerprint density at radius 1 is 0.971 bits per heavy atom. The lowest BCUT2D eigenvalue weighted by Gasteiger charge is -2.14. The Bertz CT molecular complexity index is 1100. The van der Waals surface area contributed by atoms with E-state index in [1.165, 1.54) is 12.3 Å². The number of hydrogen-bond acceptors (Lipinski definition) is 4. The second-order valence-electron chi connectivity index (χ2n) is 7.64. The second-order valence-corrected chi connectivity index (χ2v) is 7.64. The molecule has 0 amide bonds. The molecule has 0 aliphatic rings. The average Bonchev–Trinajstić information content (AvgIpc) is 2.82. The summed E-state index contributed by atoms with van der Waals surface area (Å²) < 4.78 is 40.7. The van der Waals surface area contributed by atoms with Gasteiger partial charge in [0.1, 0.15) is 6.61 Å². The summed E-state index contributed by atoms with van der Waals surface area (Å²) in [4.78, 5) is 15.6. The highest BCUT2D eigenvalue weighted by Gasteiger charge is 2.33. The molecule has 0 unspecified atom stereocenters. The van der Waals surface area contributed by atoms with Crippen LogP contribution in [0.25, 0.3) is 11.1 Å². The van der Waals surface area contributed by atoms with Crippen LogP contribution >= 0.6 is 0 Å². The smallest absolute Gasteiger partial charge is 0.416 e. The van der Waals surface area contributed by atoms with Gasteiger partial charge in [0.25, 0.3) is 0 Å². The third-order valence-corrected chi connectivity index (χ3v) is 5.09. The SMILES string of the molecule is O=C(O)CCNCc1ccc(CC=NOCc2ccc(-c3ccccc3)cc2C(F)(F)F)cc1. The first-order valence-corrected chi connectivity index (χ1v) is 10.7. The van der Waals surface area contributed by atoms with Gasteiger partial charge in [-0.2, -0.15) is 13.2 Å². The molecular formula is C26H25F3N2O3. The summed E-state index contributed by atoms with van der Waals surface area (Å²) in [6.45, 7) is 0.669. The largest absolute Gasteiger partial charge is 0.481 e. The molecule has 0 aliphatic heterocycles. The predicted octanol–water partition coefficient (Wildman–Crippen LogP) is 5.68. The van der Waals surface area contributed by atoms with Crippen molar-refractivity contribution in [2.75, 3.05) is 6.54 Å². The summed E-state index contributed by atoms with van der Waals surface area (Å²) >= 11 is 0. The van der Waals surface area contributed by atoms with Gasteiger partial charge in [-0.3, -0.25) is 4.79 Å². The van der Waals surface area contributed by atoms with E-state index in [2.05, 4.69) is 10.5 Å². The van der Waals surface area contributed by atoms with E-state index < -0.39 is 17.7 Å². The number of carboxylic acids is 1. The van der Waals surface area contributed by atoms with Gasteiger partial charge in [0.2, 0.25) is 0 Å². The molecule has 3 aromatic rings. The lowest BCUT2D eigenvalue weighted by Crippen LogP contribution is -2.17. The Balaban J connectivity index is 1.52. The predicted molar refractivity (Wildman–Crippen MR) is 124 cm³/mol. The van der Waals surface area contributed by atoms with E-state index >= 15 is 0 Å². The highest BCUT2D eigenvalue weighted by molar-refractivity contribution is 5.67. The quantitative estimate of drug-likeness (QED) is 0.215. The van der Waals surface area contributed by atoms with E-state index in [-0.39, 0.29) is 18.6 Å². The number of rotatable bonds is 11. The van der Waals surface area contributed by atoms with Crippen LogP contribution < -0.4 is 5.32 Å². The number of nitrogens with one attached hydrogen (secondary N) is 1.